The first-order chi connectivity index (χ1) is 9.19. The monoisotopic (exact) mass is 393 g/mol. The minimum atomic E-state index is 0.302. The average molecular weight is 395 g/mol. The van der Waals surface area contributed by atoms with Gasteiger partial charge in [0, 0.05) is 23.2 Å². The van der Waals surface area contributed by atoms with Gasteiger partial charge in [-0.15, -0.1) is 0 Å². The van der Waals surface area contributed by atoms with E-state index in [1.54, 1.807) is 7.11 Å². The first-order valence-corrected chi connectivity index (χ1v) is 8.11. The minimum absolute atomic E-state index is 0.302. The van der Waals surface area contributed by atoms with Crippen molar-refractivity contribution in [2.75, 3.05) is 20.3 Å². The highest BCUT2D eigenvalue weighted by Gasteiger charge is 2.08. The van der Waals surface area contributed by atoms with Crippen molar-refractivity contribution in [3.8, 4) is 5.75 Å². The van der Waals surface area contributed by atoms with Gasteiger partial charge >= 0.3 is 0 Å². The molecule has 5 heteroatoms. The van der Waals surface area contributed by atoms with Crippen molar-refractivity contribution in [2.45, 2.75) is 32.2 Å². The zero-order valence-electron chi connectivity index (χ0n) is 11.2. The fourth-order valence-corrected chi connectivity index (χ4v) is 3.39. The molecule has 0 aliphatic rings. The van der Waals surface area contributed by atoms with Crippen LogP contribution in [0.2, 0.25) is 0 Å². The zero-order valence-corrected chi connectivity index (χ0v) is 14.4. The summed E-state index contributed by atoms with van der Waals surface area (Å²) >= 11 is 6.99. The number of hydrogen-bond donors (Lipinski definition) is 2. The van der Waals surface area contributed by atoms with Crippen molar-refractivity contribution < 1.29 is 9.84 Å². The number of nitrogens with one attached hydrogen (secondary N) is 1. The molecule has 1 rings (SSSR count). The number of aliphatic hydroxyl groups is 1. The third-order valence-corrected chi connectivity index (χ3v) is 3.91. The lowest BCUT2D eigenvalue weighted by molar-refractivity contribution is 0.282. The summed E-state index contributed by atoms with van der Waals surface area (Å²) in [4.78, 5) is 0. The summed E-state index contributed by atoms with van der Waals surface area (Å²) in [7, 11) is 1.69. The van der Waals surface area contributed by atoms with Crippen LogP contribution in [0.5, 0.6) is 5.75 Å². The normalized spacial score (nSPS) is 10.7. The number of hydrogen-bond acceptors (Lipinski definition) is 3. The van der Waals surface area contributed by atoms with E-state index in [-0.39, 0.29) is 0 Å². The lowest BCUT2D eigenvalue weighted by atomic mass is 10.2. The number of rotatable bonds is 9. The smallest absolute Gasteiger partial charge is 0.137 e. The second-order valence-electron chi connectivity index (χ2n) is 4.39. The van der Waals surface area contributed by atoms with Gasteiger partial charge in [0.2, 0.25) is 0 Å². The van der Waals surface area contributed by atoms with Crippen LogP contribution in [-0.2, 0) is 6.54 Å². The number of methoxy groups -OCH3 is 1. The van der Waals surface area contributed by atoms with E-state index in [0.717, 1.165) is 59.0 Å². The maximum absolute atomic E-state index is 8.69. The molecule has 0 aliphatic heterocycles. The Kier molecular flexibility index (Phi) is 8.70. The van der Waals surface area contributed by atoms with Crippen LogP contribution in [0.3, 0.4) is 0 Å². The number of unbranched alkanes of at least 4 members (excludes halogenated alkanes) is 3. The van der Waals surface area contributed by atoms with Gasteiger partial charge in [-0.2, -0.15) is 0 Å². The van der Waals surface area contributed by atoms with E-state index >= 15 is 0 Å². The summed E-state index contributed by atoms with van der Waals surface area (Å²) in [5.74, 6) is 0.885. The predicted octanol–water partition coefficient (Wildman–Crippen LogP) is 3.86. The summed E-state index contributed by atoms with van der Waals surface area (Å²) in [5, 5.41) is 12.1. The Morgan fingerprint density at radius 2 is 1.89 bits per heavy atom. The zero-order chi connectivity index (χ0) is 14.1. The molecule has 0 unspecified atom stereocenters. The molecule has 0 bridgehead atoms. The molecule has 0 aliphatic carbocycles. The maximum atomic E-state index is 8.69. The topological polar surface area (TPSA) is 41.5 Å². The van der Waals surface area contributed by atoms with Gasteiger partial charge < -0.3 is 15.2 Å². The largest absolute Gasteiger partial charge is 0.495 e. The number of halogens is 2. The fraction of sp³-hybridized carbons (Fsp3) is 0.571. The van der Waals surface area contributed by atoms with Crippen molar-refractivity contribution in [1.29, 1.82) is 0 Å². The Balaban J connectivity index is 2.36. The second kappa shape index (κ2) is 9.75. The quantitative estimate of drug-likeness (QED) is 0.624. The molecule has 2 N–H and O–H groups in total. The van der Waals surface area contributed by atoms with Crippen LogP contribution in [0.25, 0.3) is 0 Å². The van der Waals surface area contributed by atoms with E-state index in [2.05, 4.69) is 43.2 Å². The second-order valence-corrected chi connectivity index (χ2v) is 6.16. The van der Waals surface area contributed by atoms with Crippen LogP contribution in [0.15, 0.2) is 21.1 Å². The molecule has 0 radical (unpaired) electrons. The standard InChI is InChI=1S/C14H21Br2NO2/c1-19-14-11(8-12(15)9-13(14)16)10-17-6-4-2-3-5-7-18/h8-9,17-18H,2-7,10H2,1H3. The maximum Gasteiger partial charge on any atom is 0.137 e. The molecule has 0 saturated heterocycles. The van der Waals surface area contributed by atoms with Crippen molar-refractivity contribution >= 4 is 31.9 Å². The van der Waals surface area contributed by atoms with Crippen LogP contribution in [0, 0.1) is 0 Å². The van der Waals surface area contributed by atoms with Crippen molar-refractivity contribution in [1.82, 2.24) is 5.32 Å². The highest BCUT2D eigenvalue weighted by Crippen LogP contribution is 2.32. The molecular formula is C14H21Br2NO2. The molecule has 0 spiro atoms. The third kappa shape index (κ3) is 6.25. The van der Waals surface area contributed by atoms with Gasteiger partial charge in [0.25, 0.3) is 0 Å². The van der Waals surface area contributed by atoms with Gasteiger partial charge in [-0.05, 0) is 47.4 Å². The highest BCUT2D eigenvalue weighted by molar-refractivity contribution is 9.11. The van der Waals surface area contributed by atoms with E-state index in [4.69, 9.17) is 9.84 Å². The van der Waals surface area contributed by atoms with Gasteiger partial charge in [0.05, 0.1) is 11.6 Å². The van der Waals surface area contributed by atoms with E-state index in [0.29, 0.717) is 6.61 Å². The molecule has 1 aromatic rings. The summed E-state index contributed by atoms with van der Waals surface area (Å²) in [5.41, 5.74) is 1.14. The van der Waals surface area contributed by atoms with Crippen LogP contribution < -0.4 is 10.1 Å². The van der Waals surface area contributed by atoms with Crippen molar-refractivity contribution in [2.24, 2.45) is 0 Å². The molecule has 0 heterocycles. The Morgan fingerprint density at radius 1 is 1.16 bits per heavy atom. The first-order valence-electron chi connectivity index (χ1n) is 6.52. The van der Waals surface area contributed by atoms with E-state index in [9.17, 15) is 0 Å². The summed E-state index contributed by atoms with van der Waals surface area (Å²) in [6.07, 6.45) is 4.31. The molecule has 0 amide bonds. The molecule has 0 saturated carbocycles. The third-order valence-electron chi connectivity index (χ3n) is 2.87. The number of aliphatic hydroxyl groups excluding tert-OH is 1. The van der Waals surface area contributed by atoms with Crippen LogP contribution in [0.4, 0.5) is 0 Å². The first kappa shape index (κ1) is 17.0. The van der Waals surface area contributed by atoms with Crippen LogP contribution in [-0.4, -0.2) is 25.4 Å². The fourth-order valence-electron chi connectivity index (χ4n) is 1.91. The number of benzene rings is 1. The molecule has 1 aromatic carbocycles. The lowest BCUT2D eigenvalue weighted by Gasteiger charge is -2.12. The SMILES string of the molecule is COc1c(Br)cc(Br)cc1CNCCCCCCO. The Labute approximate surface area is 132 Å². The lowest BCUT2D eigenvalue weighted by Crippen LogP contribution is -2.15. The highest BCUT2D eigenvalue weighted by atomic mass is 79.9. The van der Waals surface area contributed by atoms with Gasteiger partial charge in [-0.1, -0.05) is 28.8 Å². The molecule has 0 aromatic heterocycles. The van der Waals surface area contributed by atoms with Gasteiger partial charge in [-0.3, -0.25) is 0 Å². The summed E-state index contributed by atoms with van der Waals surface area (Å²) < 4.78 is 7.41. The molecule has 108 valence electrons. The van der Waals surface area contributed by atoms with Crippen molar-refractivity contribution in [3.63, 3.8) is 0 Å². The summed E-state index contributed by atoms with van der Waals surface area (Å²) in [6, 6.07) is 4.06. The Hall–Kier alpha value is -0.100. The van der Waals surface area contributed by atoms with Gasteiger partial charge in [-0.25, -0.2) is 0 Å². The molecule has 19 heavy (non-hydrogen) atoms. The van der Waals surface area contributed by atoms with E-state index in [1.807, 2.05) is 6.07 Å². The van der Waals surface area contributed by atoms with Crippen LogP contribution >= 0.6 is 31.9 Å². The molecule has 0 atom stereocenters. The van der Waals surface area contributed by atoms with E-state index < -0.39 is 0 Å². The number of ether oxygens (including phenoxy) is 1. The van der Waals surface area contributed by atoms with Crippen molar-refractivity contribution in [3.05, 3.63) is 26.6 Å². The molecule has 3 nitrogen and oxygen atoms in total. The Bertz CT molecular complexity index is 386. The molecule has 0 fully saturated rings. The van der Waals surface area contributed by atoms with E-state index in [1.165, 1.54) is 0 Å². The Morgan fingerprint density at radius 3 is 2.58 bits per heavy atom. The van der Waals surface area contributed by atoms with Crippen LogP contribution in [0.1, 0.15) is 31.2 Å². The van der Waals surface area contributed by atoms with Gasteiger partial charge in [0.15, 0.2) is 0 Å². The predicted molar refractivity (Wildman–Crippen MR) is 85.7 cm³/mol. The summed E-state index contributed by atoms with van der Waals surface area (Å²) in [6.45, 7) is 2.08. The van der Waals surface area contributed by atoms with Gasteiger partial charge in [0.1, 0.15) is 5.75 Å². The molecular weight excluding hydrogens is 374 g/mol. The average Bonchev–Trinajstić information content (AvgIpc) is 2.37. The minimum Gasteiger partial charge on any atom is -0.495 e.